The Hall–Kier alpha value is -1.14. The second-order valence-electron chi connectivity index (χ2n) is 18.9. The summed E-state index contributed by atoms with van der Waals surface area (Å²) in [4.78, 5) is 30.0. The first-order chi connectivity index (χ1) is 28.4. The zero-order valence-electron chi connectivity index (χ0n) is 40.0. The quantitative estimate of drug-likeness (QED) is 0.0451. The number of hydrogen-bond acceptors (Lipinski definition) is 6. The van der Waals surface area contributed by atoms with Crippen LogP contribution in [0.25, 0.3) is 0 Å². The minimum Gasteiger partial charge on any atom is -0.466 e. The first kappa shape index (κ1) is 54.9. The molecular formula is C52H102N2O4. The molecule has 0 aromatic carbocycles. The van der Waals surface area contributed by atoms with Gasteiger partial charge in [0.25, 0.3) is 0 Å². The Kier molecular flexibility index (Phi) is 39.0. The van der Waals surface area contributed by atoms with Crippen LogP contribution in [0.5, 0.6) is 0 Å². The molecule has 1 aliphatic heterocycles. The standard InChI is InChI=1S/C52H102N2O4/c1-6-10-22-30-49(31-23-11-7-2)39-46-57-51(55)36-28-20-16-14-18-26-34-48(38-41-54-44-42-53(5)43-45-54)35-27-19-15-17-21-29-37-52(56)58-47-40-50(32-24-12-8-3)33-25-13-9-4/h48-50H,6-47H2,1-5H3. The highest BCUT2D eigenvalue weighted by atomic mass is 16.5. The second-order valence-corrected chi connectivity index (χ2v) is 18.9. The van der Waals surface area contributed by atoms with Gasteiger partial charge in [0.15, 0.2) is 0 Å². The van der Waals surface area contributed by atoms with Crippen molar-refractivity contribution in [3.8, 4) is 0 Å². The van der Waals surface area contributed by atoms with E-state index in [0.29, 0.717) is 26.1 Å². The van der Waals surface area contributed by atoms with Crippen LogP contribution in [0, 0.1) is 17.8 Å². The molecular weight excluding hydrogens is 717 g/mol. The van der Waals surface area contributed by atoms with Gasteiger partial charge in [-0.15, -0.1) is 0 Å². The van der Waals surface area contributed by atoms with Gasteiger partial charge in [0.2, 0.25) is 0 Å². The van der Waals surface area contributed by atoms with Crippen LogP contribution in [0.2, 0.25) is 0 Å². The number of piperazine rings is 1. The van der Waals surface area contributed by atoms with E-state index in [4.69, 9.17) is 9.47 Å². The molecule has 0 N–H and O–H groups in total. The third-order valence-electron chi connectivity index (χ3n) is 13.4. The van der Waals surface area contributed by atoms with Gasteiger partial charge >= 0.3 is 11.9 Å². The lowest BCUT2D eigenvalue weighted by Crippen LogP contribution is -2.44. The molecule has 6 heteroatoms. The lowest BCUT2D eigenvalue weighted by Gasteiger charge is -2.33. The molecule has 6 nitrogen and oxygen atoms in total. The van der Waals surface area contributed by atoms with Crippen molar-refractivity contribution < 1.29 is 19.1 Å². The van der Waals surface area contributed by atoms with Gasteiger partial charge in [-0.2, -0.15) is 0 Å². The van der Waals surface area contributed by atoms with Gasteiger partial charge in [-0.05, 0) is 63.5 Å². The van der Waals surface area contributed by atoms with Crippen molar-refractivity contribution in [1.29, 1.82) is 0 Å². The summed E-state index contributed by atoms with van der Waals surface area (Å²) in [7, 11) is 2.25. The predicted molar refractivity (Wildman–Crippen MR) is 251 cm³/mol. The minimum atomic E-state index is 0.0221. The van der Waals surface area contributed by atoms with Gasteiger partial charge in [0, 0.05) is 39.0 Å². The van der Waals surface area contributed by atoms with Crippen LogP contribution < -0.4 is 0 Å². The van der Waals surface area contributed by atoms with E-state index in [1.165, 1.54) is 206 Å². The summed E-state index contributed by atoms with van der Waals surface area (Å²) in [6.07, 6.45) is 42.9. The topological polar surface area (TPSA) is 59.1 Å². The van der Waals surface area contributed by atoms with Crippen molar-refractivity contribution in [3.05, 3.63) is 0 Å². The van der Waals surface area contributed by atoms with Crippen LogP contribution in [0.4, 0.5) is 0 Å². The third kappa shape index (κ3) is 34.6. The molecule has 0 aromatic rings. The van der Waals surface area contributed by atoms with Crippen LogP contribution in [0.1, 0.15) is 252 Å². The van der Waals surface area contributed by atoms with Crippen LogP contribution >= 0.6 is 0 Å². The largest absolute Gasteiger partial charge is 0.466 e. The van der Waals surface area contributed by atoms with E-state index >= 15 is 0 Å². The summed E-state index contributed by atoms with van der Waals surface area (Å²) in [6, 6.07) is 0. The van der Waals surface area contributed by atoms with E-state index in [2.05, 4.69) is 44.5 Å². The zero-order valence-corrected chi connectivity index (χ0v) is 40.0. The van der Waals surface area contributed by atoms with Gasteiger partial charge in [-0.3, -0.25) is 9.59 Å². The van der Waals surface area contributed by atoms with Crippen molar-refractivity contribution >= 4 is 11.9 Å². The predicted octanol–water partition coefficient (Wildman–Crippen LogP) is 14.9. The zero-order chi connectivity index (χ0) is 42.2. The highest BCUT2D eigenvalue weighted by molar-refractivity contribution is 5.69. The van der Waals surface area contributed by atoms with E-state index < -0.39 is 0 Å². The Morgan fingerprint density at radius 1 is 0.397 bits per heavy atom. The number of carbonyl (C=O) groups is 2. The minimum absolute atomic E-state index is 0.0221. The molecule has 0 saturated carbocycles. The molecule has 0 radical (unpaired) electrons. The van der Waals surface area contributed by atoms with Gasteiger partial charge in [0.05, 0.1) is 13.2 Å². The molecule has 1 fully saturated rings. The average Bonchev–Trinajstić information content (AvgIpc) is 3.22. The highest BCUT2D eigenvalue weighted by Gasteiger charge is 2.17. The molecule has 1 rings (SSSR count). The van der Waals surface area contributed by atoms with E-state index in [1.54, 1.807) is 0 Å². The van der Waals surface area contributed by atoms with Crippen molar-refractivity contribution in [2.24, 2.45) is 17.8 Å². The molecule has 0 aromatic heterocycles. The van der Waals surface area contributed by atoms with Gasteiger partial charge < -0.3 is 19.3 Å². The number of unbranched alkanes of at least 4 members (excludes halogenated alkanes) is 18. The Morgan fingerprint density at radius 2 is 0.707 bits per heavy atom. The first-order valence-corrected chi connectivity index (χ1v) is 26.1. The summed E-state index contributed by atoms with van der Waals surface area (Å²) in [5.74, 6) is 2.35. The molecule has 0 atom stereocenters. The molecule has 0 aliphatic carbocycles. The molecule has 58 heavy (non-hydrogen) atoms. The van der Waals surface area contributed by atoms with Crippen molar-refractivity contribution in [2.75, 3.05) is 53.0 Å². The molecule has 0 bridgehead atoms. The fourth-order valence-electron chi connectivity index (χ4n) is 9.11. The van der Waals surface area contributed by atoms with Gasteiger partial charge in [0.1, 0.15) is 0 Å². The van der Waals surface area contributed by atoms with E-state index in [0.717, 1.165) is 56.3 Å². The van der Waals surface area contributed by atoms with Crippen LogP contribution in [0.15, 0.2) is 0 Å². The number of likely N-dealkylation sites (N-methyl/N-ethyl adjacent to an activating group) is 1. The van der Waals surface area contributed by atoms with Crippen LogP contribution in [-0.4, -0.2) is 74.7 Å². The Labute approximate surface area is 362 Å². The number of esters is 2. The number of hydrogen-bond donors (Lipinski definition) is 0. The molecule has 1 aliphatic rings. The van der Waals surface area contributed by atoms with Gasteiger partial charge in [-0.25, -0.2) is 0 Å². The van der Waals surface area contributed by atoms with E-state index in [-0.39, 0.29) is 11.9 Å². The smallest absolute Gasteiger partial charge is 0.305 e. The summed E-state index contributed by atoms with van der Waals surface area (Å²) >= 11 is 0. The second kappa shape index (κ2) is 41.2. The van der Waals surface area contributed by atoms with Gasteiger partial charge in [-0.1, -0.05) is 207 Å². The maximum absolute atomic E-state index is 12.4. The van der Waals surface area contributed by atoms with Crippen molar-refractivity contribution in [2.45, 2.75) is 252 Å². The fourth-order valence-corrected chi connectivity index (χ4v) is 9.11. The third-order valence-corrected chi connectivity index (χ3v) is 13.4. The van der Waals surface area contributed by atoms with E-state index in [9.17, 15) is 9.59 Å². The highest BCUT2D eigenvalue weighted by Crippen LogP contribution is 2.25. The van der Waals surface area contributed by atoms with Crippen LogP contribution in [-0.2, 0) is 19.1 Å². The summed E-state index contributed by atoms with van der Waals surface area (Å²) in [5.41, 5.74) is 0. The number of rotatable bonds is 43. The lowest BCUT2D eigenvalue weighted by atomic mass is 9.91. The molecule has 1 heterocycles. The Bertz CT molecular complexity index is 813. The van der Waals surface area contributed by atoms with E-state index in [1.807, 2.05) is 0 Å². The monoisotopic (exact) mass is 819 g/mol. The number of carbonyl (C=O) groups excluding carboxylic acids is 2. The van der Waals surface area contributed by atoms with Crippen molar-refractivity contribution in [3.63, 3.8) is 0 Å². The Balaban J connectivity index is 2.22. The molecule has 0 unspecified atom stereocenters. The first-order valence-electron chi connectivity index (χ1n) is 26.1. The van der Waals surface area contributed by atoms with Crippen LogP contribution in [0.3, 0.4) is 0 Å². The summed E-state index contributed by atoms with van der Waals surface area (Å²) in [5, 5.41) is 0. The lowest BCUT2D eigenvalue weighted by molar-refractivity contribution is -0.145. The average molecular weight is 819 g/mol. The molecule has 1 saturated heterocycles. The fraction of sp³-hybridized carbons (Fsp3) is 0.962. The maximum atomic E-state index is 12.4. The molecule has 0 spiro atoms. The summed E-state index contributed by atoms with van der Waals surface area (Å²) in [6.45, 7) is 16.5. The Morgan fingerprint density at radius 3 is 1.07 bits per heavy atom. The SMILES string of the molecule is CCCCCC(CCCCC)CCOC(=O)CCCCCCCCC(CCCCCCCCC(=O)OCCC(CCCCC)CCCCC)CCN1CCN(C)CC1. The normalized spacial score (nSPS) is 14.0. The summed E-state index contributed by atoms with van der Waals surface area (Å²) < 4.78 is 11.4. The molecule has 344 valence electrons. The number of nitrogens with zero attached hydrogens (tertiary/aromatic N) is 2. The van der Waals surface area contributed by atoms with Crippen molar-refractivity contribution in [1.82, 2.24) is 9.80 Å². The maximum Gasteiger partial charge on any atom is 0.305 e. The number of ether oxygens (including phenoxy) is 2. The molecule has 0 amide bonds.